The fraction of sp³-hybridized carbons (Fsp3) is 0.571. The number of amides is 1. The number of carbonyl (C=O) groups excluding carboxylic acids is 1. The summed E-state index contributed by atoms with van der Waals surface area (Å²) in [5.74, 6) is -0.171. The smallest absolute Gasteiger partial charge is 0.254 e. The molecule has 3 rings (SSSR count). The molecule has 10 nitrogen and oxygen atoms in total. The van der Waals surface area contributed by atoms with Crippen LogP contribution in [0.2, 0.25) is 0 Å². The van der Waals surface area contributed by atoms with Crippen molar-refractivity contribution in [3.63, 3.8) is 0 Å². The van der Waals surface area contributed by atoms with Gasteiger partial charge in [0.15, 0.2) is 23.8 Å². The molecule has 0 saturated carbocycles. The van der Waals surface area contributed by atoms with Gasteiger partial charge in [-0.1, -0.05) is 0 Å². The predicted molar refractivity (Wildman–Crippen MR) is 83.6 cm³/mol. The quantitative estimate of drug-likeness (QED) is 0.639. The minimum Gasteiger partial charge on any atom is -0.387 e. The summed E-state index contributed by atoms with van der Waals surface area (Å²) < 4.78 is 7.10. The number of aromatic nitrogens is 4. The van der Waals surface area contributed by atoms with E-state index < -0.39 is 24.5 Å². The zero-order valence-electron chi connectivity index (χ0n) is 13.4. The molecule has 1 saturated heterocycles. The third-order valence-electron chi connectivity index (χ3n) is 4.22. The molecule has 0 radical (unpaired) electrons. The fourth-order valence-electron chi connectivity index (χ4n) is 2.86. The highest BCUT2D eigenvalue weighted by atomic mass is 16.6. The normalized spacial score (nSPS) is 26.8. The van der Waals surface area contributed by atoms with Gasteiger partial charge in [0.2, 0.25) is 0 Å². The number of likely N-dealkylation sites (N-methyl/N-ethyl adjacent to an activating group) is 1. The number of ether oxygens (including phenoxy) is 1. The second-order valence-electron chi connectivity index (χ2n) is 5.52. The van der Waals surface area contributed by atoms with E-state index in [1.54, 1.807) is 0 Å². The third kappa shape index (κ3) is 2.48. The minimum absolute atomic E-state index is 0.197. The highest BCUT2D eigenvalue weighted by Gasteiger charge is 2.48. The van der Waals surface area contributed by atoms with Gasteiger partial charge >= 0.3 is 0 Å². The highest BCUT2D eigenvalue weighted by Crippen LogP contribution is 2.32. The Labute approximate surface area is 137 Å². The molecule has 2 aromatic rings. The number of fused-ring (bicyclic) bond motifs is 1. The fourth-order valence-corrected chi connectivity index (χ4v) is 2.86. The molecule has 24 heavy (non-hydrogen) atoms. The van der Waals surface area contributed by atoms with Gasteiger partial charge in [0, 0.05) is 13.1 Å². The van der Waals surface area contributed by atoms with Gasteiger partial charge in [-0.3, -0.25) is 9.36 Å². The Hall–Kier alpha value is -2.30. The van der Waals surface area contributed by atoms with E-state index in [0.717, 1.165) is 0 Å². The molecule has 10 heteroatoms. The molecule has 2 aromatic heterocycles. The van der Waals surface area contributed by atoms with E-state index in [2.05, 4.69) is 15.0 Å². The van der Waals surface area contributed by atoms with Crippen molar-refractivity contribution in [3.8, 4) is 0 Å². The molecule has 1 aliphatic rings. The van der Waals surface area contributed by atoms with Gasteiger partial charge in [-0.05, 0) is 13.8 Å². The van der Waals surface area contributed by atoms with Gasteiger partial charge in [0.1, 0.15) is 24.1 Å². The van der Waals surface area contributed by atoms with E-state index in [0.29, 0.717) is 24.3 Å². The lowest BCUT2D eigenvalue weighted by atomic mass is 10.1. The number of nitrogens with two attached hydrogens (primary N) is 1. The number of hydrogen-bond acceptors (Lipinski definition) is 8. The number of carbonyl (C=O) groups is 1. The van der Waals surface area contributed by atoms with Crippen molar-refractivity contribution in [2.75, 3.05) is 18.8 Å². The zero-order valence-corrected chi connectivity index (χ0v) is 13.4. The van der Waals surface area contributed by atoms with Crippen LogP contribution in [0.25, 0.3) is 11.2 Å². The number of aliphatic hydroxyl groups is 2. The molecule has 1 aliphatic heterocycles. The van der Waals surface area contributed by atoms with Crippen molar-refractivity contribution in [1.29, 1.82) is 0 Å². The van der Waals surface area contributed by atoms with Crippen molar-refractivity contribution in [2.45, 2.75) is 38.4 Å². The molecule has 0 aromatic carbocycles. The SMILES string of the molecule is CCN(CC)C(=O)[C@H]1OC(n2cnc3c(N)ncnc32)[C@H](O)[C@@H]1O. The summed E-state index contributed by atoms with van der Waals surface area (Å²) in [7, 11) is 0. The standard InChI is InChI=1S/C14H20N6O4/c1-3-19(4-2)13(23)10-8(21)9(22)14(24-10)20-6-18-7-11(15)16-5-17-12(7)20/h5-6,8-10,14,21-22H,3-4H2,1-2H3,(H2,15,16,17)/t8-,9+,10-,14?/m0/s1. The minimum atomic E-state index is -1.35. The van der Waals surface area contributed by atoms with Gasteiger partial charge < -0.3 is 25.6 Å². The second kappa shape index (κ2) is 6.30. The van der Waals surface area contributed by atoms with Crippen LogP contribution in [0.5, 0.6) is 0 Å². The molecule has 4 N–H and O–H groups in total. The van der Waals surface area contributed by atoms with Crippen molar-refractivity contribution in [3.05, 3.63) is 12.7 Å². The number of nitrogen functional groups attached to an aromatic ring is 1. The van der Waals surface area contributed by atoms with E-state index in [1.807, 2.05) is 13.8 Å². The third-order valence-corrected chi connectivity index (χ3v) is 4.22. The first-order chi connectivity index (χ1) is 11.5. The Morgan fingerprint density at radius 2 is 2.00 bits per heavy atom. The number of nitrogens with zero attached hydrogens (tertiary/aromatic N) is 5. The summed E-state index contributed by atoms with van der Waals surface area (Å²) in [5, 5.41) is 20.6. The molecule has 0 bridgehead atoms. The van der Waals surface area contributed by atoms with Crippen molar-refractivity contribution >= 4 is 22.9 Å². The first-order valence-corrected chi connectivity index (χ1v) is 7.72. The molecule has 0 aliphatic carbocycles. The molecule has 4 atom stereocenters. The molecule has 3 heterocycles. The maximum atomic E-state index is 12.5. The monoisotopic (exact) mass is 336 g/mol. The topological polar surface area (TPSA) is 140 Å². The Bertz CT molecular complexity index is 746. The van der Waals surface area contributed by atoms with Crippen molar-refractivity contribution in [2.24, 2.45) is 0 Å². The Balaban J connectivity index is 1.92. The first-order valence-electron chi connectivity index (χ1n) is 7.72. The van der Waals surface area contributed by atoms with E-state index in [1.165, 1.54) is 22.1 Å². The molecule has 1 amide bonds. The Morgan fingerprint density at radius 3 is 2.67 bits per heavy atom. The van der Waals surface area contributed by atoms with E-state index in [4.69, 9.17) is 10.5 Å². The molecule has 1 fully saturated rings. The largest absolute Gasteiger partial charge is 0.387 e. The van der Waals surface area contributed by atoms with Gasteiger partial charge in [0.25, 0.3) is 5.91 Å². The summed E-state index contributed by atoms with van der Waals surface area (Å²) in [6.07, 6.45) is -2.14. The number of aliphatic hydroxyl groups excluding tert-OH is 2. The number of rotatable bonds is 4. The number of imidazole rings is 1. The van der Waals surface area contributed by atoms with Crippen LogP contribution in [-0.2, 0) is 9.53 Å². The average molecular weight is 336 g/mol. The molecule has 0 spiro atoms. The van der Waals surface area contributed by atoms with Gasteiger partial charge in [-0.2, -0.15) is 0 Å². The zero-order chi connectivity index (χ0) is 17.4. The van der Waals surface area contributed by atoms with Crippen LogP contribution in [0.4, 0.5) is 5.82 Å². The Kier molecular flexibility index (Phi) is 4.35. The van der Waals surface area contributed by atoms with Gasteiger partial charge in [0.05, 0.1) is 6.33 Å². The van der Waals surface area contributed by atoms with E-state index in [-0.39, 0.29) is 11.7 Å². The molecule has 1 unspecified atom stereocenters. The van der Waals surface area contributed by atoms with E-state index >= 15 is 0 Å². The second-order valence-corrected chi connectivity index (χ2v) is 5.52. The number of hydrogen-bond donors (Lipinski definition) is 3. The van der Waals surface area contributed by atoms with Crippen LogP contribution in [-0.4, -0.2) is 71.9 Å². The lowest BCUT2D eigenvalue weighted by Gasteiger charge is -2.23. The van der Waals surface area contributed by atoms with Crippen LogP contribution in [0, 0.1) is 0 Å². The van der Waals surface area contributed by atoms with Crippen LogP contribution in [0.3, 0.4) is 0 Å². The van der Waals surface area contributed by atoms with E-state index in [9.17, 15) is 15.0 Å². The first kappa shape index (κ1) is 16.6. The number of anilines is 1. The summed E-state index contributed by atoms with van der Waals surface area (Å²) in [6.45, 7) is 4.64. The van der Waals surface area contributed by atoms with Gasteiger partial charge in [-0.25, -0.2) is 15.0 Å². The summed E-state index contributed by atoms with van der Waals surface area (Å²) in [6, 6.07) is 0. The average Bonchev–Trinajstić information content (AvgIpc) is 3.12. The molecule has 130 valence electrons. The summed E-state index contributed by atoms with van der Waals surface area (Å²) >= 11 is 0. The summed E-state index contributed by atoms with van der Waals surface area (Å²) in [4.78, 5) is 26.0. The van der Waals surface area contributed by atoms with Crippen LogP contribution in [0.15, 0.2) is 12.7 Å². The summed E-state index contributed by atoms with van der Waals surface area (Å²) in [5.41, 5.74) is 6.46. The van der Waals surface area contributed by atoms with Crippen LogP contribution < -0.4 is 5.73 Å². The lowest BCUT2D eigenvalue weighted by Crippen LogP contribution is -2.45. The molecular weight excluding hydrogens is 316 g/mol. The lowest BCUT2D eigenvalue weighted by molar-refractivity contribution is -0.148. The van der Waals surface area contributed by atoms with Crippen molar-refractivity contribution < 1.29 is 19.7 Å². The maximum absolute atomic E-state index is 12.5. The van der Waals surface area contributed by atoms with Crippen LogP contribution in [0.1, 0.15) is 20.1 Å². The highest BCUT2D eigenvalue weighted by molar-refractivity contribution is 5.83. The van der Waals surface area contributed by atoms with Gasteiger partial charge in [-0.15, -0.1) is 0 Å². The Morgan fingerprint density at radius 1 is 1.29 bits per heavy atom. The predicted octanol–water partition coefficient (Wildman–Crippen LogP) is -1.10. The van der Waals surface area contributed by atoms with Crippen molar-refractivity contribution in [1.82, 2.24) is 24.4 Å². The molecular formula is C14H20N6O4. The maximum Gasteiger partial charge on any atom is 0.254 e. The van der Waals surface area contributed by atoms with Crippen LogP contribution >= 0.6 is 0 Å².